The normalized spacial score (nSPS) is 29.0. The molecule has 7 heteroatoms. The SMILES string of the molecule is CC(N)C1CCN(S(=O)(=O)C2CCCN(C(=O)C3CCCC3)C2)CC1. The highest BCUT2D eigenvalue weighted by atomic mass is 32.2. The molecule has 3 aliphatic rings. The Morgan fingerprint density at radius 1 is 1.00 bits per heavy atom. The van der Waals surface area contributed by atoms with Crippen molar-refractivity contribution in [3.8, 4) is 0 Å². The number of piperidine rings is 2. The molecule has 0 aromatic carbocycles. The van der Waals surface area contributed by atoms with Gasteiger partial charge in [0.25, 0.3) is 0 Å². The molecule has 2 heterocycles. The summed E-state index contributed by atoms with van der Waals surface area (Å²) in [5.74, 6) is 0.731. The molecule has 144 valence electrons. The van der Waals surface area contributed by atoms with Crippen LogP contribution in [0.4, 0.5) is 0 Å². The fourth-order valence-corrected chi connectivity index (χ4v) is 6.65. The zero-order valence-corrected chi connectivity index (χ0v) is 16.2. The topological polar surface area (TPSA) is 83.7 Å². The molecule has 2 unspecified atom stereocenters. The molecule has 2 N–H and O–H groups in total. The zero-order chi connectivity index (χ0) is 18.0. The maximum atomic E-state index is 13.1. The van der Waals surface area contributed by atoms with Gasteiger partial charge in [0.05, 0.1) is 5.25 Å². The summed E-state index contributed by atoms with van der Waals surface area (Å²) in [5.41, 5.74) is 5.96. The highest BCUT2D eigenvalue weighted by Crippen LogP contribution is 2.30. The lowest BCUT2D eigenvalue weighted by Gasteiger charge is -2.39. The summed E-state index contributed by atoms with van der Waals surface area (Å²) in [6.07, 6.45) is 7.33. The number of hydrogen-bond donors (Lipinski definition) is 1. The number of amides is 1. The summed E-state index contributed by atoms with van der Waals surface area (Å²) in [4.78, 5) is 14.5. The smallest absolute Gasteiger partial charge is 0.225 e. The number of hydrogen-bond acceptors (Lipinski definition) is 4. The summed E-state index contributed by atoms with van der Waals surface area (Å²) in [6, 6.07) is 0.124. The molecule has 2 saturated heterocycles. The first-order chi connectivity index (χ1) is 11.9. The van der Waals surface area contributed by atoms with Crippen molar-refractivity contribution >= 4 is 15.9 Å². The summed E-state index contributed by atoms with van der Waals surface area (Å²) in [5, 5.41) is -0.432. The Labute approximate surface area is 152 Å². The number of likely N-dealkylation sites (tertiary alicyclic amines) is 1. The van der Waals surface area contributed by atoms with Gasteiger partial charge in [-0.1, -0.05) is 12.8 Å². The Morgan fingerprint density at radius 2 is 1.64 bits per heavy atom. The highest BCUT2D eigenvalue weighted by Gasteiger charge is 2.39. The lowest BCUT2D eigenvalue weighted by Crippen LogP contribution is -2.52. The van der Waals surface area contributed by atoms with E-state index in [0.29, 0.717) is 38.5 Å². The van der Waals surface area contributed by atoms with Crippen molar-refractivity contribution in [3.05, 3.63) is 0 Å². The second kappa shape index (κ2) is 7.92. The van der Waals surface area contributed by atoms with Gasteiger partial charge < -0.3 is 10.6 Å². The van der Waals surface area contributed by atoms with Crippen LogP contribution < -0.4 is 5.73 Å². The van der Waals surface area contributed by atoms with E-state index in [1.54, 1.807) is 4.31 Å². The molecule has 6 nitrogen and oxygen atoms in total. The molecular weight excluding hydrogens is 338 g/mol. The van der Waals surface area contributed by atoms with Crippen LogP contribution in [-0.4, -0.2) is 61.0 Å². The van der Waals surface area contributed by atoms with Crippen molar-refractivity contribution in [1.29, 1.82) is 0 Å². The molecule has 0 radical (unpaired) electrons. The van der Waals surface area contributed by atoms with E-state index in [-0.39, 0.29) is 17.9 Å². The highest BCUT2D eigenvalue weighted by molar-refractivity contribution is 7.89. The van der Waals surface area contributed by atoms with Crippen molar-refractivity contribution in [2.24, 2.45) is 17.6 Å². The van der Waals surface area contributed by atoms with Gasteiger partial charge in [0, 0.05) is 38.1 Å². The minimum Gasteiger partial charge on any atom is -0.341 e. The van der Waals surface area contributed by atoms with Crippen LogP contribution in [0.2, 0.25) is 0 Å². The van der Waals surface area contributed by atoms with E-state index < -0.39 is 15.3 Å². The van der Waals surface area contributed by atoms with Gasteiger partial charge in [-0.3, -0.25) is 4.79 Å². The number of carbonyl (C=O) groups excluding carboxylic acids is 1. The van der Waals surface area contributed by atoms with Crippen LogP contribution in [0.1, 0.15) is 58.3 Å². The van der Waals surface area contributed by atoms with Crippen LogP contribution in [0.5, 0.6) is 0 Å². The van der Waals surface area contributed by atoms with E-state index >= 15 is 0 Å². The van der Waals surface area contributed by atoms with E-state index in [4.69, 9.17) is 5.73 Å². The fourth-order valence-electron chi connectivity index (χ4n) is 4.68. The predicted octanol–water partition coefficient (Wildman–Crippen LogP) is 1.56. The maximum absolute atomic E-state index is 13.1. The van der Waals surface area contributed by atoms with Crippen LogP contribution >= 0.6 is 0 Å². The van der Waals surface area contributed by atoms with Gasteiger partial charge in [-0.05, 0) is 51.4 Å². The maximum Gasteiger partial charge on any atom is 0.225 e. The van der Waals surface area contributed by atoms with Crippen LogP contribution in [-0.2, 0) is 14.8 Å². The van der Waals surface area contributed by atoms with Crippen molar-refractivity contribution < 1.29 is 13.2 Å². The number of carbonyl (C=O) groups is 1. The van der Waals surface area contributed by atoms with Gasteiger partial charge in [-0.15, -0.1) is 0 Å². The second-order valence-corrected chi connectivity index (χ2v) is 10.4. The summed E-state index contributed by atoms with van der Waals surface area (Å²) in [6.45, 7) is 4.24. The van der Waals surface area contributed by atoms with Gasteiger partial charge in [0.15, 0.2) is 0 Å². The summed E-state index contributed by atoms with van der Waals surface area (Å²) in [7, 11) is -3.33. The first-order valence-electron chi connectivity index (χ1n) is 9.93. The van der Waals surface area contributed by atoms with Crippen molar-refractivity contribution in [2.75, 3.05) is 26.2 Å². The molecule has 2 atom stereocenters. The van der Waals surface area contributed by atoms with E-state index in [1.807, 2.05) is 11.8 Å². The molecule has 1 saturated carbocycles. The quantitative estimate of drug-likeness (QED) is 0.813. The third-order valence-corrected chi connectivity index (χ3v) is 8.73. The average molecular weight is 372 g/mol. The van der Waals surface area contributed by atoms with Crippen LogP contribution in [0.25, 0.3) is 0 Å². The van der Waals surface area contributed by atoms with Crippen molar-refractivity contribution in [3.63, 3.8) is 0 Å². The third-order valence-electron chi connectivity index (χ3n) is 6.42. The molecule has 0 spiro atoms. The van der Waals surface area contributed by atoms with Crippen LogP contribution in [0.15, 0.2) is 0 Å². The van der Waals surface area contributed by atoms with Gasteiger partial charge in [0.2, 0.25) is 15.9 Å². The zero-order valence-electron chi connectivity index (χ0n) is 15.4. The Morgan fingerprint density at radius 3 is 2.24 bits per heavy atom. The molecule has 2 aliphatic heterocycles. The van der Waals surface area contributed by atoms with E-state index in [2.05, 4.69) is 0 Å². The molecular formula is C18H33N3O3S. The number of nitrogens with zero attached hydrogens (tertiary/aromatic N) is 2. The molecule has 0 bridgehead atoms. The Bertz CT molecular complexity index is 564. The second-order valence-electron chi connectivity index (χ2n) is 8.17. The van der Waals surface area contributed by atoms with Crippen molar-refractivity contribution in [1.82, 2.24) is 9.21 Å². The van der Waals surface area contributed by atoms with E-state index in [0.717, 1.165) is 44.9 Å². The monoisotopic (exact) mass is 371 g/mol. The molecule has 25 heavy (non-hydrogen) atoms. The van der Waals surface area contributed by atoms with Gasteiger partial charge in [0.1, 0.15) is 0 Å². The lowest BCUT2D eigenvalue weighted by molar-refractivity contribution is -0.136. The fraction of sp³-hybridized carbons (Fsp3) is 0.944. The first-order valence-corrected chi connectivity index (χ1v) is 11.4. The average Bonchev–Trinajstić information content (AvgIpc) is 3.16. The van der Waals surface area contributed by atoms with Crippen LogP contribution in [0, 0.1) is 11.8 Å². The molecule has 1 amide bonds. The lowest BCUT2D eigenvalue weighted by atomic mass is 9.92. The molecule has 1 aliphatic carbocycles. The van der Waals surface area contributed by atoms with Crippen LogP contribution in [0.3, 0.4) is 0 Å². The molecule has 0 aromatic heterocycles. The van der Waals surface area contributed by atoms with Crippen molar-refractivity contribution in [2.45, 2.75) is 69.6 Å². The first kappa shape index (κ1) is 19.1. The minimum absolute atomic E-state index is 0.124. The third kappa shape index (κ3) is 4.19. The Balaban J connectivity index is 1.61. The van der Waals surface area contributed by atoms with Gasteiger partial charge in [-0.2, -0.15) is 0 Å². The van der Waals surface area contributed by atoms with E-state index in [1.165, 1.54) is 0 Å². The predicted molar refractivity (Wildman–Crippen MR) is 98.4 cm³/mol. The number of nitrogens with two attached hydrogens (primary N) is 1. The standard InChI is InChI=1S/C18H33N3O3S/c1-14(19)15-8-11-21(12-9-15)25(23,24)17-7-4-10-20(13-17)18(22)16-5-2-3-6-16/h14-17H,2-13,19H2,1H3. The molecule has 0 aromatic rings. The Hall–Kier alpha value is -0.660. The molecule has 3 rings (SSSR count). The minimum atomic E-state index is -3.33. The number of rotatable bonds is 4. The van der Waals surface area contributed by atoms with E-state index in [9.17, 15) is 13.2 Å². The summed E-state index contributed by atoms with van der Waals surface area (Å²) < 4.78 is 27.8. The molecule has 3 fully saturated rings. The Kier molecular flexibility index (Phi) is 6.06. The summed E-state index contributed by atoms with van der Waals surface area (Å²) >= 11 is 0. The van der Waals surface area contributed by atoms with Gasteiger partial charge in [-0.25, -0.2) is 12.7 Å². The number of sulfonamides is 1. The van der Waals surface area contributed by atoms with Gasteiger partial charge >= 0.3 is 0 Å². The largest absolute Gasteiger partial charge is 0.341 e.